The van der Waals surface area contributed by atoms with Crippen molar-refractivity contribution in [3.8, 4) is 0 Å². The molecule has 0 radical (unpaired) electrons. The Balaban J connectivity index is 1.93. The summed E-state index contributed by atoms with van der Waals surface area (Å²) < 4.78 is 28.5. The maximum absolute atomic E-state index is 11.5. The van der Waals surface area contributed by atoms with Gasteiger partial charge in [-0.2, -0.15) is 0 Å². The van der Waals surface area contributed by atoms with Crippen LogP contribution < -0.4 is 5.32 Å². The molecular formula is C13H26N2O3S. The summed E-state index contributed by atoms with van der Waals surface area (Å²) in [5.74, 6) is 0.406. The molecule has 0 spiro atoms. The summed E-state index contributed by atoms with van der Waals surface area (Å²) in [5, 5.41) is 3.38. The van der Waals surface area contributed by atoms with E-state index in [1.807, 2.05) is 0 Å². The van der Waals surface area contributed by atoms with Gasteiger partial charge in [0.15, 0.2) is 0 Å². The van der Waals surface area contributed by atoms with Gasteiger partial charge in [0.05, 0.1) is 11.9 Å². The predicted octanol–water partition coefficient (Wildman–Crippen LogP) is 0.120. The van der Waals surface area contributed by atoms with E-state index in [0.29, 0.717) is 6.04 Å². The van der Waals surface area contributed by atoms with E-state index in [1.165, 1.54) is 19.1 Å². The number of hydrogen-bond donors (Lipinski definition) is 1. The number of ether oxygens (including phenoxy) is 1. The molecule has 2 rings (SSSR count). The quantitative estimate of drug-likeness (QED) is 0.797. The van der Waals surface area contributed by atoms with Gasteiger partial charge in [-0.15, -0.1) is 0 Å². The Hall–Kier alpha value is -0.170. The molecule has 2 fully saturated rings. The van der Waals surface area contributed by atoms with Crippen molar-refractivity contribution in [2.75, 3.05) is 45.3 Å². The van der Waals surface area contributed by atoms with Crippen molar-refractivity contribution < 1.29 is 13.2 Å². The lowest BCUT2D eigenvalue weighted by Gasteiger charge is -2.42. The summed E-state index contributed by atoms with van der Waals surface area (Å²) in [6, 6.07) is 0.637. The molecule has 0 bridgehead atoms. The average Bonchev–Trinajstić information content (AvgIpc) is 2.38. The summed E-state index contributed by atoms with van der Waals surface area (Å²) in [7, 11) is -1.22. The number of methoxy groups -OCH3 is 1. The number of sulfone groups is 1. The molecule has 2 heterocycles. The van der Waals surface area contributed by atoms with Crippen molar-refractivity contribution in [2.45, 2.75) is 31.4 Å². The second kappa shape index (κ2) is 6.52. The Morgan fingerprint density at radius 3 is 2.53 bits per heavy atom. The molecule has 6 heteroatoms. The second-order valence-corrected chi connectivity index (χ2v) is 8.08. The third kappa shape index (κ3) is 4.41. The van der Waals surface area contributed by atoms with E-state index in [-0.39, 0.29) is 17.8 Å². The summed E-state index contributed by atoms with van der Waals surface area (Å²) in [6.45, 7) is 4.06. The highest BCUT2D eigenvalue weighted by Crippen LogP contribution is 2.25. The Morgan fingerprint density at radius 1 is 1.26 bits per heavy atom. The molecule has 2 aliphatic heterocycles. The lowest BCUT2D eigenvalue weighted by atomic mass is 9.92. The second-order valence-electron chi connectivity index (χ2n) is 5.89. The van der Waals surface area contributed by atoms with Crippen LogP contribution in [0.5, 0.6) is 0 Å². The van der Waals surface area contributed by atoms with Crippen molar-refractivity contribution in [3.05, 3.63) is 0 Å². The molecule has 2 saturated heterocycles. The zero-order valence-corrected chi connectivity index (χ0v) is 12.8. The topological polar surface area (TPSA) is 58.6 Å². The van der Waals surface area contributed by atoms with Gasteiger partial charge >= 0.3 is 0 Å². The van der Waals surface area contributed by atoms with Crippen molar-refractivity contribution in [2.24, 2.45) is 5.92 Å². The molecule has 2 aliphatic rings. The van der Waals surface area contributed by atoms with Gasteiger partial charge in [0, 0.05) is 31.9 Å². The highest BCUT2D eigenvalue weighted by Gasteiger charge is 2.34. The first-order valence-corrected chi connectivity index (χ1v) is 9.21. The third-order valence-electron chi connectivity index (χ3n) is 4.37. The number of nitrogens with zero attached hydrogens (tertiary/aromatic N) is 1. The van der Waals surface area contributed by atoms with Crippen molar-refractivity contribution in [1.29, 1.82) is 0 Å². The van der Waals surface area contributed by atoms with Crippen LogP contribution in [0.1, 0.15) is 19.3 Å². The van der Waals surface area contributed by atoms with Gasteiger partial charge in [-0.05, 0) is 38.9 Å². The van der Waals surface area contributed by atoms with Gasteiger partial charge in [0.2, 0.25) is 0 Å². The van der Waals surface area contributed by atoms with Crippen LogP contribution >= 0.6 is 0 Å². The van der Waals surface area contributed by atoms with Gasteiger partial charge < -0.3 is 10.1 Å². The number of piperidine rings is 2. The monoisotopic (exact) mass is 290 g/mol. The van der Waals surface area contributed by atoms with Gasteiger partial charge in [0.1, 0.15) is 9.84 Å². The Bertz CT molecular complexity index is 379. The van der Waals surface area contributed by atoms with Crippen LogP contribution in [0, 0.1) is 5.92 Å². The van der Waals surface area contributed by atoms with Crippen molar-refractivity contribution >= 4 is 9.84 Å². The zero-order chi connectivity index (χ0) is 13.9. The first-order chi connectivity index (χ1) is 8.99. The molecule has 0 aromatic carbocycles. The van der Waals surface area contributed by atoms with E-state index in [1.54, 1.807) is 7.11 Å². The van der Waals surface area contributed by atoms with E-state index in [2.05, 4.69) is 10.2 Å². The number of rotatable bonds is 4. The summed E-state index contributed by atoms with van der Waals surface area (Å²) in [6.07, 6.45) is 4.67. The minimum atomic E-state index is -2.92. The van der Waals surface area contributed by atoms with Gasteiger partial charge in [-0.3, -0.25) is 4.90 Å². The predicted molar refractivity (Wildman–Crippen MR) is 76.1 cm³/mol. The number of nitrogens with one attached hydrogen (secondary N) is 1. The SMILES string of the molecule is CO[C@@H]1CN(C2CCNCC2)CC[C@H]1CS(C)(=O)=O. The van der Waals surface area contributed by atoms with E-state index >= 15 is 0 Å². The van der Waals surface area contributed by atoms with Crippen LogP contribution in [0.2, 0.25) is 0 Å². The molecule has 0 aliphatic carbocycles. The Morgan fingerprint density at radius 2 is 1.95 bits per heavy atom. The van der Waals surface area contributed by atoms with Gasteiger partial charge in [0.25, 0.3) is 0 Å². The number of hydrogen-bond acceptors (Lipinski definition) is 5. The molecule has 0 amide bonds. The normalized spacial score (nSPS) is 31.5. The summed E-state index contributed by atoms with van der Waals surface area (Å²) in [5.41, 5.74) is 0. The standard InChI is InChI=1S/C13H26N2O3S/c1-18-13-9-15(12-3-6-14-7-4-12)8-5-11(13)10-19(2,16)17/h11-14H,3-10H2,1-2H3/t11-,13+/m0/s1. The molecule has 112 valence electrons. The van der Waals surface area contributed by atoms with E-state index < -0.39 is 9.84 Å². The summed E-state index contributed by atoms with van der Waals surface area (Å²) in [4.78, 5) is 2.49. The van der Waals surface area contributed by atoms with Crippen LogP contribution in [0.15, 0.2) is 0 Å². The highest BCUT2D eigenvalue weighted by molar-refractivity contribution is 7.90. The minimum absolute atomic E-state index is 0.0540. The van der Waals surface area contributed by atoms with E-state index in [4.69, 9.17) is 4.74 Å². The molecule has 5 nitrogen and oxygen atoms in total. The Labute approximate surface area is 116 Å². The molecule has 0 unspecified atom stereocenters. The van der Waals surface area contributed by atoms with Crippen molar-refractivity contribution in [1.82, 2.24) is 10.2 Å². The third-order valence-corrected chi connectivity index (χ3v) is 5.41. The van der Waals surface area contributed by atoms with Crippen LogP contribution in [0.4, 0.5) is 0 Å². The first-order valence-electron chi connectivity index (χ1n) is 7.15. The lowest BCUT2D eigenvalue weighted by molar-refractivity contribution is -0.0220. The highest BCUT2D eigenvalue weighted by atomic mass is 32.2. The molecule has 2 atom stereocenters. The largest absolute Gasteiger partial charge is 0.380 e. The fourth-order valence-corrected chi connectivity index (χ4v) is 4.50. The molecule has 0 aromatic rings. The molecular weight excluding hydrogens is 264 g/mol. The average molecular weight is 290 g/mol. The fourth-order valence-electron chi connectivity index (χ4n) is 3.34. The number of likely N-dealkylation sites (tertiary alicyclic amines) is 1. The molecule has 0 saturated carbocycles. The Kier molecular flexibility index (Phi) is 5.22. The van der Waals surface area contributed by atoms with Gasteiger partial charge in [-0.25, -0.2) is 8.42 Å². The van der Waals surface area contributed by atoms with E-state index in [9.17, 15) is 8.42 Å². The minimum Gasteiger partial charge on any atom is -0.380 e. The molecule has 19 heavy (non-hydrogen) atoms. The van der Waals surface area contributed by atoms with E-state index in [0.717, 1.165) is 32.6 Å². The maximum Gasteiger partial charge on any atom is 0.147 e. The van der Waals surface area contributed by atoms with Crippen LogP contribution in [-0.2, 0) is 14.6 Å². The van der Waals surface area contributed by atoms with Crippen LogP contribution in [0.25, 0.3) is 0 Å². The first kappa shape index (κ1) is 15.2. The zero-order valence-electron chi connectivity index (χ0n) is 12.0. The van der Waals surface area contributed by atoms with Crippen molar-refractivity contribution in [3.63, 3.8) is 0 Å². The fraction of sp³-hybridized carbons (Fsp3) is 1.00. The maximum atomic E-state index is 11.5. The molecule has 1 N–H and O–H groups in total. The molecule has 0 aromatic heterocycles. The van der Waals surface area contributed by atoms with Gasteiger partial charge in [-0.1, -0.05) is 0 Å². The summed E-state index contributed by atoms with van der Waals surface area (Å²) >= 11 is 0. The van der Waals surface area contributed by atoms with Crippen LogP contribution in [-0.4, -0.2) is 70.8 Å². The smallest absolute Gasteiger partial charge is 0.147 e. The lowest BCUT2D eigenvalue weighted by Crippen LogP contribution is -2.52. The van der Waals surface area contributed by atoms with Crippen LogP contribution in [0.3, 0.4) is 0 Å².